The van der Waals surface area contributed by atoms with Crippen molar-refractivity contribution in [3.8, 4) is 0 Å². The zero-order valence-corrected chi connectivity index (χ0v) is 24.5. The number of rotatable bonds is 1. The van der Waals surface area contributed by atoms with Gasteiger partial charge in [0, 0.05) is 29.9 Å². The number of alkyl halides is 2. The summed E-state index contributed by atoms with van der Waals surface area (Å²) in [5.41, 5.74) is 8.99. The number of nitrogens with one attached hydrogen (secondary N) is 2. The molecule has 2 fully saturated rings. The van der Waals surface area contributed by atoms with Crippen LogP contribution in [0.15, 0.2) is 30.3 Å². The highest BCUT2D eigenvalue weighted by Crippen LogP contribution is 2.41. The lowest BCUT2D eigenvalue weighted by atomic mass is 9.86. The number of nitrogens with zero attached hydrogens (tertiary/aromatic N) is 2. The molecule has 4 aliphatic heterocycles. The second kappa shape index (κ2) is 12.6. The quantitative estimate of drug-likeness (QED) is 0.452. The second-order valence-electron chi connectivity index (χ2n) is 11.9. The van der Waals surface area contributed by atoms with E-state index < -0.39 is 11.8 Å². The normalized spacial score (nSPS) is 29.4. The molecule has 8 heteroatoms. The summed E-state index contributed by atoms with van der Waals surface area (Å²) < 4.78 is 33.2. The molecule has 40 heavy (non-hydrogen) atoms. The van der Waals surface area contributed by atoms with Gasteiger partial charge in [0.1, 0.15) is 11.3 Å². The van der Waals surface area contributed by atoms with Crippen molar-refractivity contribution in [2.45, 2.75) is 76.3 Å². The summed E-state index contributed by atoms with van der Waals surface area (Å²) in [6, 6.07) is 8.81. The van der Waals surface area contributed by atoms with Gasteiger partial charge in [-0.25, -0.2) is 8.78 Å². The highest BCUT2D eigenvalue weighted by molar-refractivity contribution is 8.14. The standard InChI is InChI=1S/C32H45F2N5S/c1-23-28(25-12-18-40(2)19-13-25)21-29-30(35)37-22-24-8-7-9-27(20-24)32(33,34)26-10-16-38(17-11-26)14-5-3-4-6-15-39(23)31(29)36/h7-9,20-21,25-26,36-37H,1-6,10-19,22,35H2/b30-29+,36-31?. The second-order valence-corrected chi connectivity index (χ2v) is 13.9. The van der Waals surface area contributed by atoms with Gasteiger partial charge in [0.15, 0.2) is 0 Å². The van der Waals surface area contributed by atoms with Crippen molar-refractivity contribution in [2.75, 3.05) is 31.1 Å². The van der Waals surface area contributed by atoms with Crippen LogP contribution in [0.5, 0.6) is 0 Å². The van der Waals surface area contributed by atoms with E-state index >= 15 is 8.78 Å². The molecule has 0 aliphatic carbocycles. The van der Waals surface area contributed by atoms with Crippen molar-refractivity contribution in [2.24, 2.45) is 11.7 Å². The smallest absolute Gasteiger partial charge is 0.276 e. The fraction of sp³-hybridized carbons (Fsp3) is 0.562. The summed E-state index contributed by atoms with van der Waals surface area (Å²) in [6.45, 7) is 7.97. The van der Waals surface area contributed by atoms with E-state index in [9.17, 15) is 0 Å². The summed E-state index contributed by atoms with van der Waals surface area (Å²) in [5, 5.41) is 13.9. The van der Waals surface area contributed by atoms with Crippen molar-refractivity contribution < 1.29 is 8.78 Å². The SMILES string of the molecule is C=c1c(C2CCS(=C)CC2)c/c2c(=N)n1CCCCCCN1CCC(CC1)C(F)(F)c1cccc(c1)CN/C=2N. The van der Waals surface area contributed by atoms with Gasteiger partial charge in [0.2, 0.25) is 0 Å². The van der Waals surface area contributed by atoms with Gasteiger partial charge in [-0.2, -0.15) is 10.5 Å². The molecule has 5 nitrogen and oxygen atoms in total. The Morgan fingerprint density at radius 2 is 1.68 bits per heavy atom. The van der Waals surface area contributed by atoms with Crippen LogP contribution in [0.1, 0.15) is 74.0 Å². The first-order valence-electron chi connectivity index (χ1n) is 14.9. The van der Waals surface area contributed by atoms with Crippen molar-refractivity contribution in [3.63, 3.8) is 0 Å². The van der Waals surface area contributed by atoms with Crippen LogP contribution >= 0.6 is 10.5 Å². The van der Waals surface area contributed by atoms with Crippen LogP contribution in [0.3, 0.4) is 0 Å². The molecule has 4 N–H and O–H groups in total. The minimum atomic E-state index is -2.86. The third-order valence-electron chi connectivity index (χ3n) is 9.23. The molecule has 4 aliphatic rings. The van der Waals surface area contributed by atoms with Crippen LogP contribution in [0.2, 0.25) is 0 Å². The molecular weight excluding hydrogens is 524 g/mol. The monoisotopic (exact) mass is 569 g/mol. The number of hydrogen-bond acceptors (Lipinski definition) is 4. The largest absolute Gasteiger partial charge is 0.385 e. The molecule has 6 bridgehead atoms. The number of hydrogen-bond donors (Lipinski definition) is 3. The Kier molecular flexibility index (Phi) is 9.15. The molecule has 6 rings (SSSR count). The molecule has 0 amide bonds. The Hall–Kier alpha value is -2.45. The van der Waals surface area contributed by atoms with E-state index in [0.717, 1.165) is 87.1 Å². The zero-order valence-electron chi connectivity index (χ0n) is 23.7. The maximum atomic E-state index is 15.6. The van der Waals surface area contributed by atoms with Crippen LogP contribution in [-0.4, -0.2) is 46.5 Å². The van der Waals surface area contributed by atoms with E-state index in [2.05, 4.69) is 28.7 Å². The molecule has 218 valence electrons. The highest BCUT2D eigenvalue weighted by Gasteiger charge is 2.42. The molecule has 0 saturated carbocycles. The zero-order chi connectivity index (χ0) is 28.3. The van der Waals surface area contributed by atoms with Crippen molar-refractivity contribution in [3.05, 3.63) is 63.1 Å². The molecule has 0 radical (unpaired) electrons. The van der Waals surface area contributed by atoms with E-state index in [-0.39, 0.29) is 16.0 Å². The van der Waals surface area contributed by atoms with Crippen molar-refractivity contribution in [1.29, 1.82) is 5.41 Å². The third kappa shape index (κ3) is 6.38. The molecule has 0 atom stereocenters. The van der Waals surface area contributed by atoms with Crippen LogP contribution < -0.4 is 27.1 Å². The van der Waals surface area contributed by atoms with Gasteiger partial charge in [0.05, 0.1) is 5.22 Å². The fourth-order valence-electron chi connectivity index (χ4n) is 6.62. The minimum Gasteiger partial charge on any atom is -0.385 e. The molecule has 5 heterocycles. The Bertz CT molecular complexity index is 1380. The van der Waals surface area contributed by atoms with Crippen molar-refractivity contribution >= 4 is 28.8 Å². The van der Waals surface area contributed by atoms with Crippen LogP contribution in [0.25, 0.3) is 12.4 Å². The third-order valence-corrected chi connectivity index (χ3v) is 10.9. The average Bonchev–Trinajstić information content (AvgIpc) is 2.96. The molecule has 1 aromatic heterocycles. The molecule has 1 aromatic carbocycles. The first-order valence-corrected chi connectivity index (χ1v) is 16.6. The van der Waals surface area contributed by atoms with Crippen LogP contribution in [-0.2, 0) is 19.0 Å². The van der Waals surface area contributed by atoms with Gasteiger partial charge in [-0.05, 0) is 98.8 Å². The summed E-state index contributed by atoms with van der Waals surface area (Å²) in [4.78, 5) is 2.35. The maximum absolute atomic E-state index is 15.6. The average molecular weight is 570 g/mol. The van der Waals surface area contributed by atoms with E-state index in [1.165, 1.54) is 5.56 Å². The lowest BCUT2D eigenvalue weighted by Crippen LogP contribution is -2.48. The summed E-state index contributed by atoms with van der Waals surface area (Å²) in [5.74, 6) is 3.85. The van der Waals surface area contributed by atoms with E-state index in [4.69, 9.17) is 11.1 Å². The molecule has 0 unspecified atom stereocenters. The molecule has 0 spiro atoms. The first-order chi connectivity index (χ1) is 19.2. The van der Waals surface area contributed by atoms with Gasteiger partial charge in [-0.1, -0.05) is 43.5 Å². The minimum absolute atomic E-state index is 0.0858. The van der Waals surface area contributed by atoms with Crippen LogP contribution in [0.4, 0.5) is 8.78 Å². The molecule has 2 saturated heterocycles. The highest BCUT2D eigenvalue weighted by atomic mass is 32.2. The Balaban J connectivity index is 1.51. The Labute approximate surface area is 239 Å². The van der Waals surface area contributed by atoms with E-state index in [1.54, 1.807) is 18.2 Å². The van der Waals surface area contributed by atoms with Crippen LogP contribution in [0, 0.1) is 11.3 Å². The van der Waals surface area contributed by atoms with Gasteiger partial charge in [-0.15, -0.1) is 0 Å². The number of benzene rings is 1. The fourth-order valence-corrected chi connectivity index (χ4v) is 8.06. The van der Waals surface area contributed by atoms with E-state index in [0.29, 0.717) is 41.8 Å². The summed E-state index contributed by atoms with van der Waals surface area (Å²) >= 11 is 0. The Morgan fingerprint density at radius 3 is 2.40 bits per heavy atom. The Morgan fingerprint density at radius 1 is 0.975 bits per heavy atom. The summed E-state index contributed by atoms with van der Waals surface area (Å²) in [6.07, 6.45) is 7.43. The number of piperidine rings is 1. The maximum Gasteiger partial charge on any atom is 0.276 e. The van der Waals surface area contributed by atoms with Gasteiger partial charge in [-0.3, -0.25) is 5.41 Å². The molecule has 2 aromatic rings. The number of aromatic nitrogens is 1. The lowest BCUT2D eigenvalue weighted by Gasteiger charge is -2.36. The van der Waals surface area contributed by atoms with Gasteiger partial charge >= 0.3 is 0 Å². The lowest BCUT2D eigenvalue weighted by molar-refractivity contribution is -0.0855. The van der Waals surface area contributed by atoms with E-state index in [1.807, 2.05) is 10.6 Å². The number of halogens is 2. The number of pyridine rings is 1. The number of fused-ring (bicyclic) bond motifs is 9. The predicted molar refractivity (Wildman–Crippen MR) is 164 cm³/mol. The summed E-state index contributed by atoms with van der Waals surface area (Å²) in [7, 11) is 0.232. The van der Waals surface area contributed by atoms with Gasteiger partial charge in [0.25, 0.3) is 5.92 Å². The van der Waals surface area contributed by atoms with Crippen molar-refractivity contribution in [1.82, 2.24) is 14.8 Å². The number of nitrogens with two attached hydrogens (primary N) is 1. The van der Waals surface area contributed by atoms with Gasteiger partial charge < -0.3 is 20.5 Å². The predicted octanol–water partition coefficient (Wildman–Crippen LogP) is 4.15. The topological polar surface area (TPSA) is 70.1 Å². The first kappa shape index (κ1) is 29.1. The molecular formula is C32H45F2N5S.